The number of para-hydroxylation sites is 2. The number of aliphatic imine (C=N–C) groups is 1. The van der Waals surface area contributed by atoms with Crippen LogP contribution in [0.3, 0.4) is 0 Å². The molecule has 0 aromatic heterocycles. The van der Waals surface area contributed by atoms with E-state index in [-0.39, 0.29) is 34.8 Å². The largest absolute Gasteiger partial charge is 0.301 e. The van der Waals surface area contributed by atoms with Crippen LogP contribution in [0.1, 0.15) is 75.1 Å². The van der Waals surface area contributed by atoms with Crippen molar-refractivity contribution in [3.05, 3.63) is 95.3 Å². The van der Waals surface area contributed by atoms with Gasteiger partial charge in [0.2, 0.25) is 5.91 Å². The quantitative estimate of drug-likeness (QED) is 0.369. The van der Waals surface area contributed by atoms with E-state index >= 15 is 0 Å². The maximum atomic E-state index is 14.1. The zero-order chi connectivity index (χ0) is 26.6. The highest BCUT2D eigenvalue weighted by molar-refractivity contribution is 6.13. The van der Waals surface area contributed by atoms with Crippen LogP contribution in [0, 0.1) is 17.7 Å². The van der Waals surface area contributed by atoms with Crippen molar-refractivity contribution >= 4 is 28.8 Å². The Balaban J connectivity index is 1.45. The molecule has 0 N–H and O–H groups in total. The predicted molar refractivity (Wildman–Crippen MR) is 149 cm³/mol. The van der Waals surface area contributed by atoms with E-state index < -0.39 is 12.0 Å². The first-order valence-electron chi connectivity index (χ1n) is 13.6. The summed E-state index contributed by atoms with van der Waals surface area (Å²) in [6.07, 6.45) is 2.74. The first-order chi connectivity index (χ1) is 18.2. The van der Waals surface area contributed by atoms with Crippen molar-refractivity contribution < 1.29 is 14.0 Å². The summed E-state index contributed by atoms with van der Waals surface area (Å²) in [6.45, 7) is 6.58. The van der Waals surface area contributed by atoms with Gasteiger partial charge >= 0.3 is 0 Å². The molecule has 2 saturated carbocycles. The molecule has 3 aromatic rings. The van der Waals surface area contributed by atoms with Crippen LogP contribution in [0.25, 0.3) is 0 Å². The molecule has 2 aliphatic carbocycles. The van der Waals surface area contributed by atoms with Crippen molar-refractivity contribution in [2.75, 3.05) is 4.90 Å². The molecule has 0 radical (unpaired) electrons. The lowest BCUT2D eigenvalue weighted by atomic mass is 9.71. The van der Waals surface area contributed by atoms with Crippen LogP contribution in [0.2, 0.25) is 0 Å². The minimum absolute atomic E-state index is 0.0240. The van der Waals surface area contributed by atoms with E-state index in [1.807, 2.05) is 24.3 Å². The highest BCUT2D eigenvalue weighted by atomic mass is 19.1. The number of hydrogen-bond donors (Lipinski definition) is 0. The number of Topliss-reactive ketones (excluding diaryl/α,β-unsaturated/α-hetero) is 1. The molecular weight excluding hydrogens is 475 g/mol. The summed E-state index contributed by atoms with van der Waals surface area (Å²) in [6, 6.07) is 22.0. The maximum absolute atomic E-state index is 14.1. The van der Waals surface area contributed by atoms with Gasteiger partial charge in [0, 0.05) is 18.1 Å². The third-order valence-corrected chi connectivity index (χ3v) is 8.23. The Hall–Kier alpha value is -3.60. The first-order valence-corrected chi connectivity index (χ1v) is 13.6. The molecule has 194 valence electrons. The number of carbonyl (C=O) groups excluding carboxylic acids is 2. The molecule has 0 saturated heterocycles. The summed E-state index contributed by atoms with van der Waals surface area (Å²) in [7, 11) is 0. The maximum Gasteiger partial charge on any atom is 0.230 e. The second-order valence-electron chi connectivity index (χ2n) is 12.0. The number of rotatable bonds is 3. The Labute approximate surface area is 223 Å². The number of fused-ring (bicyclic) bond motifs is 2. The molecule has 38 heavy (non-hydrogen) atoms. The average Bonchev–Trinajstić information content (AvgIpc) is 3.75. The third kappa shape index (κ3) is 4.48. The van der Waals surface area contributed by atoms with Crippen molar-refractivity contribution in [1.82, 2.24) is 0 Å². The highest BCUT2D eigenvalue weighted by Gasteiger charge is 2.48. The van der Waals surface area contributed by atoms with Crippen molar-refractivity contribution in [3.63, 3.8) is 0 Å². The zero-order valence-corrected chi connectivity index (χ0v) is 22.2. The first kappa shape index (κ1) is 24.7. The van der Waals surface area contributed by atoms with E-state index in [0.29, 0.717) is 18.5 Å². The molecule has 3 aliphatic rings. The van der Waals surface area contributed by atoms with Crippen LogP contribution < -0.4 is 4.90 Å². The summed E-state index contributed by atoms with van der Waals surface area (Å²) in [5, 5.41) is 0. The number of carbonyl (C=O) groups is 2. The Morgan fingerprint density at radius 2 is 1.55 bits per heavy atom. The summed E-state index contributed by atoms with van der Waals surface area (Å²) < 4.78 is 13.9. The van der Waals surface area contributed by atoms with E-state index in [2.05, 4.69) is 45.0 Å². The topological polar surface area (TPSA) is 49.7 Å². The molecule has 3 atom stereocenters. The van der Waals surface area contributed by atoms with Gasteiger partial charge in [-0.05, 0) is 71.6 Å². The molecule has 1 aliphatic heterocycles. The van der Waals surface area contributed by atoms with Crippen molar-refractivity contribution in [2.24, 2.45) is 16.8 Å². The average molecular weight is 509 g/mol. The van der Waals surface area contributed by atoms with Crippen LogP contribution in [-0.4, -0.2) is 17.4 Å². The summed E-state index contributed by atoms with van der Waals surface area (Å²) >= 11 is 0. The van der Waals surface area contributed by atoms with Gasteiger partial charge in [-0.3, -0.25) is 14.6 Å². The van der Waals surface area contributed by atoms with Gasteiger partial charge in [-0.2, -0.15) is 0 Å². The number of hydrogen-bond acceptors (Lipinski definition) is 3. The van der Waals surface area contributed by atoms with Crippen LogP contribution in [0.5, 0.6) is 0 Å². The van der Waals surface area contributed by atoms with E-state index in [0.717, 1.165) is 35.4 Å². The van der Waals surface area contributed by atoms with Crippen LogP contribution in [-0.2, 0) is 15.0 Å². The van der Waals surface area contributed by atoms with Gasteiger partial charge in [0.1, 0.15) is 11.6 Å². The summed E-state index contributed by atoms with van der Waals surface area (Å²) in [5.74, 6) is -0.823. The number of benzene rings is 3. The predicted octanol–water partition coefficient (Wildman–Crippen LogP) is 7.46. The molecule has 2 fully saturated rings. The normalized spacial score (nSPS) is 23.3. The van der Waals surface area contributed by atoms with Crippen LogP contribution in [0.15, 0.2) is 77.8 Å². The fraction of sp³-hybridized carbons (Fsp3) is 0.364. The fourth-order valence-corrected chi connectivity index (χ4v) is 5.97. The van der Waals surface area contributed by atoms with Crippen molar-refractivity contribution in [1.29, 1.82) is 0 Å². The number of nitrogens with zero attached hydrogens (tertiary/aromatic N) is 2. The van der Waals surface area contributed by atoms with Crippen LogP contribution in [0.4, 0.5) is 15.8 Å². The molecule has 0 bridgehead atoms. The fourth-order valence-electron chi connectivity index (χ4n) is 5.97. The molecule has 0 spiro atoms. The summed E-state index contributed by atoms with van der Waals surface area (Å²) in [4.78, 5) is 34.7. The lowest BCUT2D eigenvalue weighted by Crippen LogP contribution is -2.46. The molecule has 4 nitrogen and oxygen atoms in total. The third-order valence-electron chi connectivity index (χ3n) is 8.23. The van der Waals surface area contributed by atoms with Gasteiger partial charge in [-0.25, -0.2) is 4.39 Å². The van der Waals surface area contributed by atoms with Crippen molar-refractivity contribution in [2.45, 2.75) is 63.8 Å². The Morgan fingerprint density at radius 3 is 2.21 bits per heavy atom. The minimum atomic E-state index is -0.569. The lowest BCUT2D eigenvalue weighted by Gasteiger charge is -2.39. The monoisotopic (exact) mass is 508 g/mol. The second-order valence-corrected chi connectivity index (χ2v) is 12.0. The molecule has 1 heterocycles. The standard InChI is InChI=1S/C33H33FN2O2/c1-33(2,3)24-14-10-20(11-15-24)23-18-27-30(29(37)19-23)31(21-12-16-25(34)17-13-21)36(32(38)22-8-9-22)28-7-5-4-6-26(28)35-27/h4-7,10-17,22-23,30-31H,8-9,18-19H2,1-3H3. The highest BCUT2D eigenvalue weighted by Crippen LogP contribution is 2.49. The van der Waals surface area contributed by atoms with Crippen molar-refractivity contribution in [3.8, 4) is 0 Å². The van der Waals surface area contributed by atoms with Gasteiger partial charge in [0.05, 0.1) is 23.3 Å². The SMILES string of the molecule is CC(C)(C)c1ccc(C2CC(=O)C3C(=Nc4ccccc4N(C(=O)C4CC4)C3c3ccc(F)cc3)C2)cc1. The smallest absolute Gasteiger partial charge is 0.230 e. The molecule has 1 amide bonds. The second kappa shape index (κ2) is 9.30. The molecule has 3 unspecified atom stereocenters. The Kier molecular flexibility index (Phi) is 6.05. The van der Waals surface area contributed by atoms with Crippen LogP contribution >= 0.6 is 0 Å². The number of anilines is 1. The minimum Gasteiger partial charge on any atom is -0.301 e. The van der Waals surface area contributed by atoms with E-state index in [9.17, 15) is 14.0 Å². The number of ketones is 1. The Bertz CT molecular complexity index is 1410. The van der Waals surface area contributed by atoms with Gasteiger partial charge in [-0.15, -0.1) is 0 Å². The molecule has 3 aromatic carbocycles. The lowest BCUT2D eigenvalue weighted by molar-refractivity contribution is -0.123. The van der Waals surface area contributed by atoms with E-state index in [4.69, 9.17) is 4.99 Å². The van der Waals surface area contributed by atoms with Gasteiger partial charge in [0.15, 0.2) is 0 Å². The number of halogens is 1. The number of amides is 1. The van der Waals surface area contributed by atoms with E-state index in [1.54, 1.807) is 17.0 Å². The molecule has 5 heteroatoms. The van der Waals surface area contributed by atoms with Gasteiger partial charge < -0.3 is 4.90 Å². The van der Waals surface area contributed by atoms with E-state index in [1.165, 1.54) is 17.7 Å². The summed E-state index contributed by atoms with van der Waals surface area (Å²) in [5.41, 5.74) is 5.44. The van der Waals surface area contributed by atoms with Gasteiger partial charge in [-0.1, -0.05) is 69.3 Å². The van der Waals surface area contributed by atoms with Gasteiger partial charge in [0.25, 0.3) is 0 Å². The zero-order valence-electron chi connectivity index (χ0n) is 22.2. The molecule has 6 rings (SSSR count). The molecular formula is C33H33FN2O2. The Morgan fingerprint density at radius 1 is 0.895 bits per heavy atom.